The van der Waals surface area contributed by atoms with Gasteiger partial charge in [-0.3, -0.25) is 0 Å². The highest BCUT2D eigenvalue weighted by Gasteiger charge is 2.02. The van der Waals surface area contributed by atoms with Gasteiger partial charge < -0.3 is 9.84 Å². The van der Waals surface area contributed by atoms with Crippen molar-refractivity contribution in [1.29, 1.82) is 0 Å². The van der Waals surface area contributed by atoms with E-state index >= 15 is 0 Å². The summed E-state index contributed by atoms with van der Waals surface area (Å²) >= 11 is 9.26. The van der Waals surface area contributed by atoms with Crippen LogP contribution in [0.3, 0.4) is 0 Å². The number of benzene rings is 2. The number of aliphatic carboxylic acids is 1. The Balaban J connectivity index is 2.19. The Kier molecular flexibility index (Phi) is 4.82. The van der Waals surface area contributed by atoms with Crippen molar-refractivity contribution in [2.45, 2.75) is 0 Å². The summed E-state index contributed by atoms with van der Waals surface area (Å²) in [6.45, 7) is 0. The van der Waals surface area contributed by atoms with Crippen LogP contribution in [0.25, 0.3) is 6.08 Å². The number of ether oxygens (including phenoxy) is 1. The number of hydrogen-bond acceptors (Lipinski definition) is 2. The maximum absolute atomic E-state index is 10.5. The van der Waals surface area contributed by atoms with Crippen LogP contribution in [0.5, 0.6) is 11.5 Å². The van der Waals surface area contributed by atoms with Gasteiger partial charge in [0.1, 0.15) is 11.5 Å². The zero-order valence-electron chi connectivity index (χ0n) is 10.2. The second-order valence-corrected chi connectivity index (χ2v) is 5.21. The molecule has 0 saturated heterocycles. The lowest BCUT2D eigenvalue weighted by atomic mass is 10.2. The van der Waals surface area contributed by atoms with Crippen LogP contribution >= 0.6 is 27.5 Å². The fourth-order valence-electron chi connectivity index (χ4n) is 1.53. The Hall–Kier alpha value is -1.78. The van der Waals surface area contributed by atoms with E-state index in [1.54, 1.807) is 42.5 Å². The number of carbonyl (C=O) groups is 1. The molecule has 0 amide bonds. The Labute approximate surface area is 129 Å². The first-order valence-electron chi connectivity index (χ1n) is 5.68. The van der Waals surface area contributed by atoms with E-state index in [1.807, 2.05) is 0 Å². The lowest BCUT2D eigenvalue weighted by Gasteiger charge is -2.07. The molecule has 20 heavy (non-hydrogen) atoms. The van der Waals surface area contributed by atoms with Crippen LogP contribution in [0.15, 0.2) is 53.0 Å². The summed E-state index contributed by atoms with van der Waals surface area (Å²) in [5, 5.41) is 9.20. The van der Waals surface area contributed by atoms with Gasteiger partial charge in [-0.2, -0.15) is 0 Å². The molecule has 2 aromatic rings. The molecule has 0 aliphatic carbocycles. The van der Waals surface area contributed by atoms with Crippen molar-refractivity contribution in [2.24, 2.45) is 0 Å². The Morgan fingerprint density at radius 2 is 1.95 bits per heavy atom. The number of carboxylic acid groups (broad SMARTS) is 1. The van der Waals surface area contributed by atoms with Crippen molar-refractivity contribution in [1.82, 2.24) is 0 Å². The van der Waals surface area contributed by atoms with Crippen molar-refractivity contribution in [3.05, 3.63) is 63.6 Å². The minimum atomic E-state index is -0.990. The third kappa shape index (κ3) is 4.11. The van der Waals surface area contributed by atoms with Gasteiger partial charge in [-0.1, -0.05) is 39.7 Å². The number of halogens is 2. The SMILES string of the molecule is O=C(O)/C=C/c1ccc(Oc2cccc(Cl)c2)cc1Br. The highest BCUT2D eigenvalue weighted by Crippen LogP contribution is 2.28. The summed E-state index contributed by atoms with van der Waals surface area (Å²) in [7, 11) is 0. The first kappa shape index (κ1) is 14.6. The molecule has 0 saturated carbocycles. The zero-order valence-corrected chi connectivity index (χ0v) is 12.6. The quantitative estimate of drug-likeness (QED) is 0.787. The standard InChI is InChI=1S/C15H10BrClO3/c16-14-9-13(6-4-10(14)5-7-15(18)19)20-12-3-1-2-11(17)8-12/h1-9H,(H,18,19)/b7-5+. The molecule has 1 N–H and O–H groups in total. The van der Waals surface area contributed by atoms with Crippen molar-refractivity contribution >= 4 is 39.6 Å². The third-order valence-electron chi connectivity index (χ3n) is 2.41. The highest BCUT2D eigenvalue weighted by atomic mass is 79.9. The number of rotatable bonds is 4. The van der Waals surface area contributed by atoms with E-state index < -0.39 is 5.97 Å². The van der Waals surface area contributed by atoms with Gasteiger partial charge in [0.25, 0.3) is 0 Å². The maximum atomic E-state index is 10.5. The first-order chi connectivity index (χ1) is 9.54. The van der Waals surface area contributed by atoms with E-state index in [0.29, 0.717) is 16.5 Å². The summed E-state index contributed by atoms with van der Waals surface area (Å²) in [5.41, 5.74) is 0.755. The van der Waals surface area contributed by atoms with E-state index in [2.05, 4.69) is 15.9 Å². The predicted molar refractivity (Wildman–Crippen MR) is 82.3 cm³/mol. The first-order valence-corrected chi connectivity index (χ1v) is 6.85. The topological polar surface area (TPSA) is 46.5 Å². The van der Waals surface area contributed by atoms with Crippen LogP contribution in [0, 0.1) is 0 Å². The molecule has 0 aliphatic heterocycles. The molecular formula is C15H10BrClO3. The van der Waals surface area contributed by atoms with Gasteiger partial charge in [-0.15, -0.1) is 0 Å². The van der Waals surface area contributed by atoms with Crippen LogP contribution in [-0.4, -0.2) is 11.1 Å². The highest BCUT2D eigenvalue weighted by molar-refractivity contribution is 9.10. The molecule has 0 aromatic heterocycles. The monoisotopic (exact) mass is 352 g/mol. The van der Waals surface area contributed by atoms with E-state index in [4.69, 9.17) is 21.4 Å². The van der Waals surface area contributed by atoms with Crippen molar-refractivity contribution in [2.75, 3.05) is 0 Å². The zero-order chi connectivity index (χ0) is 14.5. The molecule has 2 aromatic carbocycles. The van der Waals surface area contributed by atoms with Gasteiger partial charge in [0.15, 0.2) is 0 Å². The van der Waals surface area contributed by atoms with Crippen molar-refractivity contribution < 1.29 is 14.6 Å². The average Bonchev–Trinajstić information content (AvgIpc) is 2.37. The predicted octanol–water partition coefficient (Wildman–Crippen LogP) is 4.99. The normalized spacial score (nSPS) is 10.7. The van der Waals surface area contributed by atoms with Gasteiger partial charge in [0.05, 0.1) is 0 Å². The lowest BCUT2D eigenvalue weighted by molar-refractivity contribution is -0.131. The Morgan fingerprint density at radius 3 is 2.60 bits per heavy atom. The van der Waals surface area contributed by atoms with Gasteiger partial charge in [-0.25, -0.2) is 4.79 Å². The van der Waals surface area contributed by atoms with Crippen LogP contribution in [0.1, 0.15) is 5.56 Å². The molecule has 3 nitrogen and oxygen atoms in total. The maximum Gasteiger partial charge on any atom is 0.328 e. The Morgan fingerprint density at radius 1 is 1.20 bits per heavy atom. The minimum Gasteiger partial charge on any atom is -0.478 e. The summed E-state index contributed by atoms with van der Waals surface area (Å²) in [6, 6.07) is 12.4. The molecule has 0 spiro atoms. The summed E-state index contributed by atoms with van der Waals surface area (Å²) in [6.07, 6.45) is 2.59. The molecule has 0 atom stereocenters. The molecule has 0 radical (unpaired) electrons. The second kappa shape index (κ2) is 6.59. The van der Waals surface area contributed by atoms with Crippen molar-refractivity contribution in [3.8, 4) is 11.5 Å². The summed E-state index contributed by atoms with van der Waals surface area (Å²) < 4.78 is 6.41. The smallest absolute Gasteiger partial charge is 0.328 e. The molecule has 102 valence electrons. The Bertz CT molecular complexity index is 668. The molecule has 0 aliphatic rings. The fraction of sp³-hybridized carbons (Fsp3) is 0. The molecule has 5 heteroatoms. The van der Waals surface area contributed by atoms with E-state index in [1.165, 1.54) is 6.08 Å². The van der Waals surface area contributed by atoms with Crippen LogP contribution in [-0.2, 0) is 4.79 Å². The average molecular weight is 354 g/mol. The number of hydrogen-bond donors (Lipinski definition) is 1. The van der Waals surface area contributed by atoms with Crippen LogP contribution in [0.2, 0.25) is 5.02 Å². The molecule has 2 rings (SSSR count). The molecule has 0 fully saturated rings. The van der Waals surface area contributed by atoms with Gasteiger partial charge in [0.2, 0.25) is 0 Å². The van der Waals surface area contributed by atoms with Gasteiger partial charge in [-0.05, 0) is 42.0 Å². The van der Waals surface area contributed by atoms with E-state index in [-0.39, 0.29) is 0 Å². The van der Waals surface area contributed by atoms with E-state index in [0.717, 1.165) is 16.1 Å². The van der Waals surface area contributed by atoms with Gasteiger partial charge >= 0.3 is 5.97 Å². The lowest BCUT2D eigenvalue weighted by Crippen LogP contribution is -1.87. The minimum absolute atomic E-state index is 0.600. The summed E-state index contributed by atoms with van der Waals surface area (Å²) in [4.78, 5) is 10.5. The van der Waals surface area contributed by atoms with E-state index in [9.17, 15) is 4.79 Å². The molecule has 0 bridgehead atoms. The van der Waals surface area contributed by atoms with Crippen molar-refractivity contribution in [3.63, 3.8) is 0 Å². The third-order valence-corrected chi connectivity index (χ3v) is 3.33. The second-order valence-electron chi connectivity index (χ2n) is 3.91. The molecule has 0 heterocycles. The fourth-order valence-corrected chi connectivity index (χ4v) is 2.20. The summed E-state index contributed by atoms with van der Waals surface area (Å²) in [5.74, 6) is 0.279. The largest absolute Gasteiger partial charge is 0.478 e. The molecule has 0 unspecified atom stereocenters. The van der Waals surface area contributed by atoms with Crippen LogP contribution in [0.4, 0.5) is 0 Å². The number of carboxylic acids is 1. The molecular weight excluding hydrogens is 344 g/mol. The van der Waals surface area contributed by atoms with Crippen LogP contribution < -0.4 is 4.74 Å². The van der Waals surface area contributed by atoms with Gasteiger partial charge in [0, 0.05) is 15.6 Å².